The third-order valence-electron chi connectivity index (χ3n) is 5.23. The molecule has 1 fully saturated rings. The highest BCUT2D eigenvalue weighted by molar-refractivity contribution is 5.82. The first kappa shape index (κ1) is 16.0. The number of benzene rings is 1. The van der Waals surface area contributed by atoms with Crippen LogP contribution >= 0.6 is 0 Å². The smallest absolute Gasteiger partial charge is 0.328 e. The van der Waals surface area contributed by atoms with Crippen molar-refractivity contribution in [2.75, 3.05) is 13.2 Å². The van der Waals surface area contributed by atoms with Crippen LogP contribution in [0.5, 0.6) is 0 Å². The molecule has 1 saturated heterocycles. The zero-order valence-electron chi connectivity index (χ0n) is 13.8. The highest BCUT2D eigenvalue weighted by Gasteiger charge is 2.51. The maximum atomic E-state index is 12.8. The van der Waals surface area contributed by atoms with Gasteiger partial charge in [-0.25, -0.2) is 0 Å². The van der Waals surface area contributed by atoms with Gasteiger partial charge < -0.3 is 4.74 Å². The van der Waals surface area contributed by atoms with Gasteiger partial charge in [-0.05, 0) is 37.4 Å². The second-order valence-corrected chi connectivity index (χ2v) is 6.58. The molecule has 1 aromatic rings. The Morgan fingerprint density at radius 3 is 2.87 bits per heavy atom. The molecule has 0 N–H and O–H groups in total. The van der Waals surface area contributed by atoms with Crippen molar-refractivity contribution in [3.63, 3.8) is 0 Å². The fraction of sp³-hybridized carbons (Fsp3) is 0.579. The summed E-state index contributed by atoms with van der Waals surface area (Å²) in [4.78, 5) is 15.2. The number of nitrogens with zero attached hydrogens (tertiary/aromatic N) is 2. The van der Waals surface area contributed by atoms with Crippen LogP contribution < -0.4 is 0 Å². The number of nitriles is 1. The monoisotopic (exact) mass is 312 g/mol. The lowest BCUT2D eigenvalue weighted by Gasteiger charge is -2.37. The highest BCUT2D eigenvalue weighted by Crippen LogP contribution is 2.40. The second-order valence-electron chi connectivity index (χ2n) is 6.58. The van der Waals surface area contributed by atoms with Crippen LogP contribution in [0.3, 0.4) is 0 Å². The number of esters is 1. The molecular weight excluding hydrogens is 288 g/mol. The molecule has 23 heavy (non-hydrogen) atoms. The first-order valence-corrected chi connectivity index (χ1v) is 8.60. The van der Waals surface area contributed by atoms with E-state index in [1.54, 1.807) is 6.92 Å². The molecular formula is C19H24N2O2. The lowest BCUT2D eigenvalue weighted by Crippen LogP contribution is -2.51. The van der Waals surface area contributed by atoms with Crippen LogP contribution in [0.25, 0.3) is 0 Å². The Hall–Kier alpha value is -1.86. The number of carbonyl (C=O) groups excluding carboxylic acids is 1. The molecule has 3 rings (SSSR count). The Kier molecular flexibility index (Phi) is 4.68. The Morgan fingerprint density at radius 2 is 2.13 bits per heavy atom. The zero-order valence-corrected chi connectivity index (χ0v) is 13.8. The minimum atomic E-state index is -1.09. The van der Waals surface area contributed by atoms with Crippen LogP contribution in [0.1, 0.15) is 43.7 Å². The predicted molar refractivity (Wildman–Crippen MR) is 87.5 cm³/mol. The molecule has 4 nitrogen and oxygen atoms in total. The van der Waals surface area contributed by atoms with Crippen molar-refractivity contribution < 1.29 is 9.53 Å². The molecule has 0 bridgehead atoms. The van der Waals surface area contributed by atoms with E-state index in [0.717, 1.165) is 37.9 Å². The van der Waals surface area contributed by atoms with E-state index < -0.39 is 5.41 Å². The topological polar surface area (TPSA) is 53.3 Å². The van der Waals surface area contributed by atoms with Crippen LogP contribution in [0.15, 0.2) is 24.3 Å². The average Bonchev–Trinajstić information content (AvgIpc) is 2.86. The third kappa shape index (κ3) is 2.86. The van der Waals surface area contributed by atoms with Crippen molar-refractivity contribution >= 4 is 5.97 Å². The zero-order chi connectivity index (χ0) is 16.3. The van der Waals surface area contributed by atoms with Gasteiger partial charge in [-0.3, -0.25) is 9.69 Å². The first-order chi connectivity index (χ1) is 11.2. The van der Waals surface area contributed by atoms with E-state index in [9.17, 15) is 10.1 Å². The van der Waals surface area contributed by atoms with Gasteiger partial charge in [0, 0.05) is 19.0 Å². The fourth-order valence-corrected chi connectivity index (χ4v) is 4.06. The third-order valence-corrected chi connectivity index (χ3v) is 5.23. The lowest BCUT2D eigenvalue weighted by atomic mass is 9.74. The van der Waals surface area contributed by atoms with Gasteiger partial charge in [0.2, 0.25) is 0 Å². The molecule has 0 amide bonds. The molecule has 0 aliphatic carbocycles. The summed E-state index contributed by atoms with van der Waals surface area (Å²) >= 11 is 0. The Labute approximate surface area is 138 Å². The van der Waals surface area contributed by atoms with E-state index in [1.807, 2.05) is 18.2 Å². The summed E-state index contributed by atoms with van der Waals surface area (Å²) in [6.45, 7) is 3.89. The van der Waals surface area contributed by atoms with Gasteiger partial charge in [0.1, 0.15) is 0 Å². The quantitative estimate of drug-likeness (QED) is 0.788. The molecule has 2 aliphatic heterocycles. The van der Waals surface area contributed by atoms with Crippen molar-refractivity contribution in [1.29, 1.82) is 5.26 Å². The van der Waals surface area contributed by atoms with Crippen molar-refractivity contribution in [2.24, 2.45) is 5.41 Å². The van der Waals surface area contributed by atoms with E-state index >= 15 is 0 Å². The molecule has 2 heterocycles. The molecule has 0 aromatic heterocycles. The van der Waals surface area contributed by atoms with E-state index in [2.05, 4.69) is 17.0 Å². The number of hydrogen-bond donors (Lipinski definition) is 0. The number of hydrogen-bond acceptors (Lipinski definition) is 4. The summed E-state index contributed by atoms with van der Waals surface area (Å²) in [6, 6.07) is 10.5. The predicted octanol–water partition coefficient (Wildman–Crippen LogP) is 3.06. The fourth-order valence-electron chi connectivity index (χ4n) is 4.06. The molecule has 0 saturated carbocycles. The summed E-state index contributed by atoms with van der Waals surface area (Å²) < 4.78 is 5.35. The summed E-state index contributed by atoms with van der Waals surface area (Å²) in [7, 11) is 0. The van der Waals surface area contributed by atoms with Crippen LogP contribution in [0.2, 0.25) is 0 Å². The van der Waals surface area contributed by atoms with Crippen LogP contribution in [0.4, 0.5) is 0 Å². The van der Waals surface area contributed by atoms with Crippen LogP contribution in [0, 0.1) is 16.7 Å². The van der Waals surface area contributed by atoms with E-state index in [4.69, 9.17) is 4.74 Å². The van der Waals surface area contributed by atoms with Gasteiger partial charge in [-0.1, -0.05) is 37.1 Å². The molecule has 2 unspecified atom stereocenters. The van der Waals surface area contributed by atoms with Crippen LogP contribution in [-0.4, -0.2) is 30.1 Å². The maximum Gasteiger partial charge on any atom is 0.328 e. The van der Waals surface area contributed by atoms with E-state index in [0.29, 0.717) is 13.0 Å². The Balaban J connectivity index is 2.10. The molecule has 2 aliphatic rings. The van der Waals surface area contributed by atoms with Gasteiger partial charge in [-0.2, -0.15) is 5.26 Å². The summed E-state index contributed by atoms with van der Waals surface area (Å²) in [5.74, 6) is -0.351. The molecule has 122 valence electrons. The average molecular weight is 312 g/mol. The van der Waals surface area contributed by atoms with E-state index in [-0.39, 0.29) is 12.0 Å². The molecule has 0 spiro atoms. The van der Waals surface area contributed by atoms with Crippen molar-refractivity contribution in [3.8, 4) is 6.07 Å². The second kappa shape index (κ2) is 6.72. The van der Waals surface area contributed by atoms with Crippen LogP contribution in [-0.2, 0) is 22.5 Å². The first-order valence-electron chi connectivity index (χ1n) is 8.60. The highest BCUT2D eigenvalue weighted by atomic mass is 16.5. The van der Waals surface area contributed by atoms with Crippen molar-refractivity contribution in [2.45, 2.75) is 51.6 Å². The molecule has 2 atom stereocenters. The summed E-state index contributed by atoms with van der Waals surface area (Å²) in [5.41, 5.74) is 1.25. The Morgan fingerprint density at radius 1 is 1.35 bits per heavy atom. The maximum absolute atomic E-state index is 12.8. The minimum Gasteiger partial charge on any atom is -0.465 e. The summed E-state index contributed by atoms with van der Waals surface area (Å²) in [5, 5.41) is 10.0. The van der Waals surface area contributed by atoms with Crippen molar-refractivity contribution in [1.82, 2.24) is 4.90 Å². The van der Waals surface area contributed by atoms with Gasteiger partial charge >= 0.3 is 5.97 Å². The molecule has 4 heteroatoms. The summed E-state index contributed by atoms with van der Waals surface area (Å²) in [6.07, 6.45) is 4.71. The van der Waals surface area contributed by atoms with Crippen molar-refractivity contribution in [3.05, 3.63) is 35.4 Å². The van der Waals surface area contributed by atoms with Gasteiger partial charge in [0.25, 0.3) is 0 Å². The number of carbonyl (C=O) groups is 1. The number of rotatable bonds is 2. The number of fused-ring (bicyclic) bond motifs is 2. The molecule has 0 radical (unpaired) electrons. The lowest BCUT2D eigenvalue weighted by molar-refractivity contribution is -0.155. The van der Waals surface area contributed by atoms with E-state index in [1.165, 1.54) is 12.0 Å². The SMILES string of the molecule is CCOC(=O)C1(C#N)Cc2ccccc2CN2CCCCCC21. The molecule has 1 aromatic carbocycles. The van der Waals surface area contributed by atoms with Gasteiger partial charge in [0.05, 0.1) is 12.7 Å². The normalized spacial score (nSPS) is 27.7. The van der Waals surface area contributed by atoms with Gasteiger partial charge in [-0.15, -0.1) is 0 Å². The number of ether oxygens (including phenoxy) is 1. The largest absolute Gasteiger partial charge is 0.465 e. The standard InChI is InChI=1S/C19H24N2O2/c1-2-23-18(22)19(14-20)12-15-8-5-6-9-16(15)13-21-11-7-3-4-10-17(19)21/h5-6,8-9,17H,2-4,7,10-13H2,1H3. The minimum absolute atomic E-state index is 0.0542. The Bertz CT molecular complexity index is 622. The van der Waals surface area contributed by atoms with Gasteiger partial charge in [0.15, 0.2) is 5.41 Å².